The number of carbonyl (C=O) groups is 1. The molecule has 0 radical (unpaired) electrons. The molecule has 0 unspecified atom stereocenters. The van der Waals surface area contributed by atoms with Crippen LogP contribution in [-0.2, 0) is 4.79 Å². The van der Waals surface area contributed by atoms with Gasteiger partial charge >= 0.3 is 0 Å². The highest BCUT2D eigenvalue weighted by Gasteiger charge is 2.39. The van der Waals surface area contributed by atoms with Crippen molar-refractivity contribution in [3.05, 3.63) is 0 Å². The van der Waals surface area contributed by atoms with Gasteiger partial charge in [-0.2, -0.15) is 0 Å². The van der Waals surface area contributed by atoms with Crippen LogP contribution in [0.15, 0.2) is 0 Å². The van der Waals surface area contributed by atoms with Crippen LogP contribution in [0, 0.1) is 5.92 Å². The van der Waals surface area contributed by atoms with Crippen molar-refractivity contribution in [2.75, 3.05) is 0 Å². The summed E-state index contributed by atoms with van der Waals surface area (Å²) in [4.78, 5) is 13.3. The van der Waals surface area contributed by atoms with Gasteiger partial charge in [0.2, 0.25) is 0 Å². The average molecular weight is 181 g/mol. The SMILES string of the molecule is C[C@@H]1CC(C=O)C[C@@H](C)N1C1CC1. The van der Waals surface area contributed by atoms with Crippen LogP contribution in [0.4, 0.5) is 0 Å². The number of hydrogen-bond donors (Lipinski definition) is 0. The van der Waals surface area contributed by atoms with Gasteiger partial charge in [-0.3, -0.25) is 4.90 Å². The van der Waals surface area contributed by atoms with Crippen LogP contribution in [0.25, 0.3) is 0 Å². The number of likely N-dealkylation sites (tertiary alicyclic amines) is 1. The van der Waals surface area contributed by atoms with E-state index in [0.717, 1.165) is 25.2 Å². The quantitative estimate of drug-likeness (QED) is 0.606. The van der Waals surface area contributed by atoms with Crippen LogP contribution in [0.2, 0.25) is 0 Å². The first-order valence-corrected chi connectivity index (χ1v) is 5.45. The third-order valence-corrected chi connectivity index (χ3v) is 3.47. The van der Waals surface area contributed by atoms with Gasteiger partial charge < -0.3 is 4.79 Å². The summed E-state index contributed by atoms with van der Waals surface area (Å²) in [5.74, 6) is 0.319. The van der Waals surface area contributed by atoms with Gasteiger partial charge in [-0.1, -0.05) is 0 Å². The normalized spacial score (nSPS) is 41.8. The number of rotatable bonds is 2. The van der Waals surface area contributed by atoms with Crippen LogP contribution in [0.5, 0.6) is 0 Å². The van der Waals surface area contributed by atoms with Crippen LogP contribution in [-0.4, -0.2) is 29.3 Å². The van der Waals surface area contributed by atoms with E-state index in [-0.39, 0.29) is 0 Å². The van der Waals surface area contributed by atoms with Crippen molar-refractivity contribution in [2.45, 2.75) is 57.7 Å². The molecule has 0 aromatic rings. The van der Waals surface area contributed by atoms with Crippen molar-refractivity contribution in [2.24, 2.45) is 5.92 Å². The van der Waals surface area contributed by atoms with Crippen molar-refractivity contribution in [1.82, 2.24) is 4.90 Å². The summed E-state index contributed by atoms with van der Waals surface area (Å²) in [6, 6.07) is 2.08. The highest BCUT2D eigenvalue weighted by atomic mass is 16.1. The Morgan fingerprint density at radius 3 is 2.08 bits per heavy atom. The summed E-state index contributed by atoms with van der Waals surface area (Å²) in [5.41, 5.74) is 0. The van der Waals surface area contributed by atoms with Crippen LogP contribution in [0.3, 0.4) is 0 Å². The minimum absolute atomic E-state index is 0.319. The van der Waals surface area contributed by atoms with Gasteiger partial charge in [0.15, 0.2) is 0 Å². The molecule has 1 aliphatic heterocycles. The van der Waals surface area contributed by atoms with Gasteiger partial charge in [-0.05, 0) is 39.5 Å². The lowest BCUT2D eigenvalue weighted by molar-refractivity contribution is -0.113. The van der Waals surface area contributed by atoms with E-state index in [1.165, 1.54) is 12.8 Å². The zero-order chi connectivity index (χ0) is 9.42. The van der Waals surface area contributed by atoms with Gasteiger partial charge in [-0.25, -0.2) is 0 Å². The van der Waals surface area contributed by atoms with E-state index in [1.807, 2.05) is 0 Å². The van der Waals surface area contributed by atoms with E-state index >= 15 is 0 Å². The summed E-state index contributed by atoms with van der Waals surface area (Å²) in [5, 5.41) is 0. The number of hydrogen-bond acceptors (Lipinski definition) is 2. The van der Waals surface area contributed by atoms with Gasteiger partial charge in [0.05, 0.1) is 0 Å². The number of carbonyl (C=O) groups excluding carboxylic acids is 1. The topological polar surface area (TPSA) is 20.3 Å². The van der Waals surface area contributed by atoms with E-state index < -0.39 is 0 Å². The van der Waals surface area contributed by atoms with E-state index in [2.05, 4.69) is 18.7 Å². The zero-order valence-electron chi connectivity index (χ0n) is 8.57. The molecule has 2 aliphatic rings. The molecule has 0 bridgehead atoms. The minimum atomic E-state index is 0.319. The maximum absolute atomic E-state index is 10.7. The Labute approximate surface area is 80.3 Å². The molecule has 0 N–H and O–H groups in total. The number of aldehydes is 1. The van der Waals surface area contributed by atoms with E-state index in [0.29, 0.717) is 18.0 Å². The molecule has 2 rings (SSSR count). The molecule has 1 heterocycles. The van der Waals surface area contributed by atoms with Crippen molar-refractivity contribution in [3.63, 3.8) is 0 Å². The van der Waals surface area contributed by atoms with E-state index in [9.17, 15) is 4.79 Å². The summed E-state index contributed by atoms with van der Waals surface area (Å²) in [6.07, 6.45) is 6.05. The summed E-state index contributed by atoms with van der Waals surface area (Å²) in [6.45, 7) is 4.54. The third kappa shape index (κ3) is 1.78. The fourth-order valence-electron chi connectivity index (χ4n) is 2.85. The molecule has 0 amide bonds. The standard InChI is InChI=1S/C11H19NO/c1-8-5-10(7-13)6-9(2)12(8)11-3-4-11/h7-11H,3-6H2,1-2H3/t8-,9-/m1/s1. The fourth-order valence-corrected chi connectivity index (χ4v) is 2.85. The third-order valence-electron chi connectivity index (χ3n) is 3.47. The molecule has 0 spiro atoms. The predicted octanol–water partition coefficient (Wildman–Crippen LogP) is 1.84. The molecule has 2 fully saturated rings. The van der Waals surface area contributed by atoms with Crippen molar-refractivity contribution in [1.29, 1.82) is 0 Å². The Kier molecular flexibility index (Phi) is 2.41. The van der Waals surface area contributed by atoms with Crippen LogP contribution < -0.4 is 0 Å². The lowest BCUT2D eigenvalue weighted by Crippen LogP contribution is -2.48. The summed E-state index contributed by atoms with van der Waals surface area (Å²) in [7, 11) is 0. The first-order chi connectivity index (χ1) is 6.22. The second kappa shape index (κ2) is 3.41. The Morgan fingerprint density at radius 1 is 1.15 bits per heavy atom. The molecule has 1 saturated heterocycles. The second-order valence-electron chi connectivity index (χ2n) is 4.74. The molecule has 2 nitrogen and oxygen atoms in total. The molecule has 13 heavy (non-hydrogen) atoms. The molecule has 0 aromatic carbocycles. The van der Waals surface area contributed by atoms with Gasteiger partial charge in [0.25, 0.3) is 0 Å². The predicted molar refractivity (Wildman–Crippen MR) is 52.6 cm³/mol. The largest absolute Gasteiger partial charge is 0.303 e. The molecular formula is C11H19NO. The molecule has 0 aromatic heterocycles. The molecule has 1 aliphatic carbocycles. The Balaban J connectivity index is 2.00. The van der Waals surface area contributed by atoms with Crippen molar-refractivity contribution < 1.29 is 4.79 Å². The summed E-state index contributed by atoms with van der Waals surface area (Å²) >= 11 is 0. The average Bonchev–Trinajstić information content (AvgIpc) is 2.87. The maximum Gasteiger partial charge on any atom is 0.123 e. The van der Waals surface area contributed by atoms with Gasteiger partial charge in [0.1, 0.15) is 6.29 Å². The Morgan fingerprint density at radius 2 is 1.69 bits per heavy atom. The molecular weight excluding hydrogens is 162 g/mol. The van der Waals surface area contributed by atoms with Crippen LogP contribution >= 0.6 is 0 Å². The van der Waals surface area contributed by atoms with Crippen molar-refractivity contribution in [3.8, 4) is 0 Å². The smallest absolute Gasteiger partial charge is 0.123 e. The first-order valence-electron chi connectivity index (χ1n) is 5.45. The molecule has 74 valence electrons. The maximum atomic E-state index is 10.7. The lowest BCUT2D eigenvalue weighted by Gasteiger charge is -2.41. The summed E-state index contributed by atoms with van der Waals surface area (Å²) < 4.78 is 0. The van der Waals surface area contributed by atoms with E-state index in [4.69, 9.17) is 0 Å². The molecule has 2 atom stereocenters. The van der Waals surface area contributed by atoms with Gasteiger partial charge in [0, 0.05) is 24.0 Å². The fraction of sp³-hybridized carbons (Fsp3) is 0.909. The molecule has 2 heteroatoms. The number of piperidine rings is 1. The Bertz CT molecular complexity index is 188. The highest BCUT2D eigenvalue weighted by molar-refractivity contribution is 5.53. The molecule has 1 saturated carbocycles. The van der Waals surface area contributed by atoms with E-state index in [1.54, 1.807) is 0 Å². The van der Waals surface area contributed by atoms with Crippen molar-refractivity contribution >= 4 is 6.29 Å². The first kappa shape index (κ1) is 9.20. The van der Waals surface area contributed by atoms with Crippen LogP contribution in [0.1, 0.15) is 39.5 Å². The zero-order valence-corrected chi connectivity index (χ0v) is 8.57. The number of nitrogens with zero attached hydrogens (tertiary/aromatic N) is 1. The monoisotopic (exact) mass is 181 g/mol. The van der Waals surface area contributed by atoms with Gasteiger partial charge in [-0.15, -0.1) is 0 Å². The Hall–Kier alpha value is -0.370. The lowest BCUT2D eigenvalue weighted by atomic mass is 9.88. The minimum Gasteiger partial charge on any atom is -0.303 e. The highest BCUT2D eigenvalue weighted by Crippen LogP contribution is 2.36. The second-order valence-corrected chi connectivity index (χ2v) is 4.74.